The molecule has 0 bridgehead atoms. The topological polar surface area (TPSA) is 110 Å². The van der Waals surface area contributed by atoms with Gasteiger partial charge in [-0.25, -0.2) is 15.8 Å². The highest BCUT2D eigenvalue weighted by atomic mass is 16.1. The fourth-order valence-corrected chi connectivity index (χ4v) is 2.18. The van der Waals surface area contributed by atoms with E-state index in [1.807, 2.05) is 6.92 Å². The average molecular weight is 250 g/mol. The Kier molecular flexibility index (Phi) is 3.73. The van der Waals surface area contributed by atoms with Crippen molar-refractivity contribution in [3.05, 3.63) is 17.6 Å². The van der Waals surface area contributed by atoms with Crippen molar-refractivity contribution in [3.63, 3.8) is 0 Å². The van der Waals surface area contributed by atoms with E-state index in [2.05, 4.69) is 20.3 Å². The number of aromatic nitrogens is 2. The van der Waals surface area contributed by atoms with Gasteiger partial charge in [-0.15, -0.1) is 0 Å². The molecule has 0 aliphatic carbocycles. The number of primary amides is 1. The first kappa shape index (κ1) is 12.7. The number of carbonyl (C=O) groups excluding carboxylic acids is 1. The molecule has 1 aliphatic heterocycles. The van der Waals surface area contributed by atoms with Gasteiger partial charge in [-0.2, -0.15) is 0 Å². The molecule has 1 aromatic heterocycles. The van der Waals surface area contributed by atoms with E-state index < -0.39 is 0 Å². The maximum Gasteiger partial charge on any atom is 0.221 e. The van der Waals surface area contributed by atoms with Gasteiger partial charge in [-0.1, -0.05) is 0 Å². The number of nitrogen functional groups attached to an aromatic ring is 1. The van der Waals surface area contributed by atoms with E-state index in [9.17, 15) is 4.79 Å². The molecule has 2 rings (SSSR count). The summed E-state index contributed by atoms with van der Waals surface area (Å²) in [6, 6.07) is 1.78. The smallest absolute Gasteiger partial charge is 0.221 e. The van der Waals surface area contributed by atoms with Crippen molar-refractivity contribution in [2.45, 2.75) is 19.9 Å². The van der Waals surface area contributed by atoms with Gasteiger partial charge in [-0.3, -0.25) is 9.69 Å². The molecule has 98 valence electrons. The standard InChI is InChI=1S/C11H18N6O/c1-7-4-9(16-13)15-10(14-7)6-17-3-2-8(5-17)11(12)18/h4,8H,2-3,5-6,13H2,1H3,(H2,12,18)(H,14,15,16). The monoisotopic (exact) mass is 250 g/mol. The zero-order chi connectivity index (χ0) is 13.1. The number of nitrogens with one attached hydrogen (secondary N) is 1. The third-order valence-corrected chi connectivity index (χ3v) is 3.09. The molecule has 1 aromatic rings. The third kappa shape index (κ3) is 2.93. The Bertz CT molecular complexity index is 449. The van der Waals surface area contributed by atoms with E-state index in [4.69, 9.17) is 11.6 Å². The van der Waals surface area contributed by atoms with Gasteiger partial charge < -0.3 is 11.2 Å². The van der Waals surface area contributed by atoms with Gasteiger partial charge in [0.2, 0.25) is 5.91 Å². The molecular formula is C11H18N6O. The summed E-state index contributed by atoms with van der Waals surface area (Å²) in [5.41, 5.74) is 8.68. The number of nitrogens with two attached hydrogens (primary N) is 2. The molecule has 18 heavy (non-hydrogen) atoms. The summed E-state index contributed by atoms with van der Waals surface area (Å²) in [6.45, 7) is 4.02. The van der Waals surface area contributed by atoms with E-state index in [0.29, 0.717) is 24.7 Å². The second kappa shape index (κ2) is 5.28. The molecule has 1 unspecified atom stereocenters. The highest BCUT2D eigenvalue weighted by Crippen LogP contribution is 2.17. The van der Waals surface area contributed by atoms with Crippen molar-refractivity contribution in [2.24, 2.45) is 17.5 Å². The lowest BCUT2D eigenvalue weighted by Gasteiger charge is -2.14. The Morgan fingerprint density at radius 1 is 1.61 bits per heavy atom. The molecule has 5 N–H and O–H groups in total. The molecule has 1 fully saturated rings. The van der Waals surface area contributed by atoms with Crippen LogP contribution in [-0.4, -0.2) is 33.9 Å². The van der Waals surface area contributed by atoms with Gasteiger partial charge in [0.25, 0.3) is 0 Å². The second-order valence-corrected chi connectivity index (χ2v) is 4.58. The first-order valence-corrected chi connectivity index (χ1v) is 5.91. The molecule has 0 saturated carbocycles. The number of hydrogen-bond acceptors (Lipinski definition) is 6. The van der Waals surface area contributed by atoms with Gasteiger partial charge in [0.05, 0.1) is 12.5 Å². The number of likely N-dealkylation sites (tertiary alicyclic amines) is 1. The van der Waals surface area contributed by atoms with Crippen LogP contribution in [0, 0.1) is 12.8 Å². The predicted molar refractivity (Wildman–Crippen MR) is 67.2 cm³/mol. The first-order chi connectivity index (χ1) is 8.58. The lowest BCUT2D eigenvalue weighted by atomic mass is 10.1. The molecular weight excluding hydrogens is 232 g/mol. The minimum atomic E-state index is -0.230. The second-order valence-electron chi connectivity index (χ2n) is 4.58. The van der Waals surface area contributed by atoms with Crippen LogP contribution in [0.25, 0.3) is 0 Å². The quantitative estimate of drug-likeness (QED) is 0.485. The largest absolute Gasteiger partial charge is 0.369 e. The molecule has 0 spiro atoms. The maximum atomic E-state index is 11.1. The normalized spacial score (nSPS) is 20.0. The van der Waals surface area contributed by atoms with Crippen LogP contribution in [0.5, 0.6) is 0 Å². The summed E-state index contributed by atoms with van der Waals surface area (Å²) in [4.78, 5) is 21.9. The third-order valence-electron chi connectivity index (χ3n) is 3.09. The van der Waals surface area contributed by atoms with Crippen molar-refractivity contribution in [3.8, 4) is 0 Å². The summed E-state index contributed by atoms with van der Waals surface area (Å²) < 4.78 is 0. The predicted octanol–water partition coefficient (Wildman–Crippen LogP) is -0.622. The molecule has 1 saturated heterocycles. The van der Waals surface area contributed by atoms with Crippen molar-refractivity contribution in [1.29, 1.82) is 0 Å². The summed E-state index contributed by atoms with van der Waals surface area (Å²) in [7, 11) is 0. The molecule has 7 nitrogen and oxygen atoms in total. The molecule has 7 heteroatoms. The van der Waals surface area contributed by atoms with Crippen molar-refractivity contribution >= 4 is 11.7 Å². The Morgan fingerprint density at radius 2 is 2.39 bits per heavy atom. The van der Waals surface area contributed by atoms with Gasteiger partial charge in [0.15, 0.2) is 0 Å². The van der Waals surface area contributed by atoms with Crippen LogP contribution in [0.4, 0.5) is 5.82 Å². The molecule has 0 radical (unpaired) electrons. The van der Waals surface area contributed by atoms with E-state index in [1.54, 1.807) is 6.07 Å². The minimum absolute atomic E-state index is 0.0538. The van der Waals surface area contributed by atoms with Gasteiger partial charge in [0, 0.05) is 18.3 Å². The van der Waals surface area contributed by atoms with Crippen molar-refractivity contribution in [1.82, 2.24) is 14.9 Å². The minimum Gasteiger partial charge on any atom is -0.369 e. The SMILES string of the molecule is Cc1cc(NN)nc(CN2CCC(C(N)=O)C2)n1. The number of hydrazine groups is 1. The number of amides is 1. The number of rotatable bonds is 4. The number of carbonyl (C=O) groups is 1. The highest BCUT2D eigenvalue weighted by Gasteiger charge is 2.26. The number of hydrogen-bond donors (Lipinski definition) is 3. The van der Waals surface area contributed by atoms with Crippen LogP contribution < -0.4 is 17.0 Å². The van der Waals surface area contributed by atoms with E-state index in [-0.39, 0.29) is 11.8 Å². The van der Waals surface area contributed by atoms with Crippen molar-refractivity contribution in [2.75, 3.05) is 18.5 Å². The van der Waals surface area contributed by atoms with Crippen molar-refractivity contribution < 1.29 is 4.79 Å². The van der Waals surface area contributed by atoms with E-state index >= 15 is 0 Å². The number of anilines is 1. The van der Waals surface area contributed by atoms with Crippen LogP contribution in [0.2, 0.25) is 0 Å². The summed E-state index contributed by atoms with van der Waals surface area (Å²) in [5.74, 6) is 6.36. The Balaban J connectivity index is 2.02. The van der Waals surface area contributed by atoms with Crippen LogP contribution in [0.3, 0.4) is 0 Å². The van der Waals surface area contributed by atoms with Crippen LogP contribution in [0.15, 0.2) is 6.07 Å². The Labute approximate surface area is 106 Å². The summed E-state index contributed by atoms with van der Waals surface area (Å²) in [5, 5.41) is 0. The van der Waals surface area contributed by atoms with Gasteiger partial charge in [-0.05, 0) is 19.9 Å². The van der Waals surface area contributed by atoms with E-state index in [0.717, 1.165) is 18.7 Å². The first-order valence-electron chi connectivity index (χ1n) is 5.91. The molecule has 1 aliphatic rings. The fourth-order valence-electron chi connectivity index (χ4n) is 2.18. The van der Waals surface area contributed by atoms with E-state index in [1.165, 1.54) is 0 Å². The van der Waals surface area contributed by atoms with Crippen LogP contribution >= 0.6 is 0 Å². The average Bonchev–Trinajstić information content (AvgIpc) is 2.76. The molecule has 1 amide bonds. The summed E-state index contributed by atoms with van der Waals surface area (Å²) in [6.07, 6.45) is 0.809. The Hall–Kier alpha value is -1.73. The summed E-state index contributed by atoms with van der Waals surface area (Å²) >= 11 is 0. The molecule has 2 heterocycles. The number of nitrogens with zero attached hydrogens (tertiary/aromatic N) is 3. The highest BCUT2D eigenvalue weighted by molar-refractivity contribution is 5.77. The Morgan fingerprint density at radius 3 is 3.00 bits per heavy atom. The van der Waals surface area contributed by atoms with Gasteiger partial charge >= 0.3 is 0 Å². The van der Waals surface area contributed by atoms with Gasteiger partial charge in [0.1, 0.15) is 11.6 Å². The lowest BCUT2D eigenvalue weighted by molar-refractivity contribution is -0.121. The van der Waals surface area contributed by atoms with Crippen LogP contribution in [-0.2, 0) is 11.3 Å². The lowest BCUT2D eigenvalue weighted by Crippen LogP contribution is -2.27. The zero-order valence-corrected chi connectivity index (χ0v) is 10.4. The fraction of sp³-hybridized carbons (Fsp3) is 0.545. The molecule has 1 atom stereocenters. The van der Waals surface area contributed by atoms with Crippen LogP contribution in [0.1, 0.15) is 17.9 Å². The maximum absolute atomic E-state index is 11.1. The molecule has 0 aromatic carbocycles. The zero-order valence-electron chi connectivity index (χ0n) is 10.4. The number of aryl methyl sites for hydroxylation is 1.